The first kappa shape index (κ1) is 17.5. The second kappa shape index (κ2) is 8.15. The Hall–Kier alpha value is -3.36. The van der Waals surface area contributed by atoms with Crippen molar-refractivity contribution < 1.29 is 4.79 Å². The molecule has 0 bridgehead atoms. The highest BCUT2D eigenvalue weighted by molar-refractivity contribution is 6.30. The number of rotatable bonds is 5. The van der Waals surface area contributed by atoms with Gasteiger partial charge in [-0.1, -0.05) is 23.7 Å². The van der Waals surface area contributed by atoms with Crippen molar-refractivity contribution >= 4 is 28.9 Å². The van der Waals surface area contributed by atoms with E-state index in [0.717, 1.165) is 11.3 Å². The third kappa shape index (κ3) is 4.59. The van der Waals surface area contributed by atoms with Gasteiger partial charge in [0.25, 0.3) is 5.91 Å². The monoisotopic (exact) mass is 362 g/mol. The van der Waals surface area contributed by atoms with Gasteiger partial charge in [0, 0.05) is 23.5 Å². The summed E-state index contributed by atoms with van der Waals surface area (Å²) in [6.07, 6.45) is 3.15. The zero-order chi connectivity index (χ0) is 18.4. The number of nitrogens with zero attached hydrogens (tertiary/aromatic N) is 2. The second-order valence-electron chi connectivity index (χ2n) is 5.59. The lowest BCUT2D eigenvalue weighted by atomic mass is 10.2. The van der Waals surface area contributed by atoms with E-state index in [0.29, 0.717) is 28.4 Å². The number of hydrogen-bond donors (Lipinski definition) is 2. The zero-order valence-electron chi connectivity index (χ0n) is 13.7. The number of benzene rings is 2. The van der Waals surface area contributed by atoms with Crippen LogP contribution in [-0.2, 0) is 6.54 Å². The molecule has 0 atom stereocenters. The highest BCUT2D eigenvalue weighted by Gasteiger charge is 2.07. The van der Waals surface area contributed by atoms with E-state index in [-0.39, 0.29) is 5.91 Å². The van der Waals surface area contributed by atoms with Crippen molar-refractivity contribution in [1.29, 1.82) is 5.26 Å². The van der Waals surface area contributed by atoms with Crippen LogP contribution in [0.1, 0.15) is 21.5 Å². The molecule has 0 fully saturated rings. The van der Waals surface area contributed by atoms with Crippen molar-refractivity contribution in [3.05, 3.63) is 88.7 Å². The van der Waals surface area contributed by atoms with E-state index in [1.807, 2.05) is 12.1 Å². The third-order valence-corrected chi connectivity index (χ3v) is 3.92. The molecule has 128 valence electrons. The molecule has 0 saturated carbocycles. The molecular formula is C20H15ClN4O. The van der Waals surface area contributed by atoms with Gasteiger partial charge in [-0.3, -0.25) is 9.78 Å². The van der Waals surface area contributed by atoms with Gasteiger partial charge < -0.3 is 10.6 Å². The molecule has 0 aliphatic rings. The summed E-state index contributed by atoms with van der Waals surface area (Å²) in [5, 5.41) is 15.5. The van der Waals surface area contributed by atoms with Crippen LogP contribution in [-0.4, -0.2) is 10.9 Å². The van der Waals surface area contributed by atoms with Gasteiger partial charge in [0.15, 0.2) is 0 Å². The number of aromatic nitrogens is 1. The van der Waals surface area contributed by atoms with E-state index in [1.54, 1.807) is 48.7 Å². The fourth-order valence-electron chi connectivity index (χ4n) is 2.31. The molecule has 1 amide bonds. The smallest absolute Gasteiger partial charge is 0.253 e. The molecule has 0 aliphatic heterocycles. The average Bonchev–Trinajstić information content (AvgIpc) is 2.68. The number of halogens is 1. The average molecular weight is 363 g/mol. The van der Waals surface area contributed by atoms with Crippen molar-refractivity contribution in [2.75, 3.05) is 5.32 Å². The normalized spacial score (nSPS) is 10.0. The quantitative estimate of drug-likeness (QED) is 0.710. The molecule has 3 aromatic rings. The van der Waals surface area contributed by atoms with Crippen LogP contribution in [0.4, 0.5) is 11.4 Å². The van der Waals surface area contributed by atoms with Crippen LogP contribution in [0.15, 0.2) is 67.0 Å². The van der Waals surface area contributed by atoms with Crippen LogP contribution in [0.5, 0.6) is 0 Å². The van der Waals surface area contributed by atoms with Crippen molar-refractivity contribution in [2.45, 2.75) is 6.54 Å². The van der Waals surface area contributed by atoms with E-state index in [9.17, 15) is 4.79 Å². The van der Waals surface area contributed by atoms with E-state index >= 15 is 0 Å². The van der Waals surface area contributed by atoms with E-state index in [1.165, 1.54) is 6.20 Å². The van der Waals surface area contributed by atoms with Crippen molar-refractivity contribution in [1.82, 2.24) is 10.3 Å². The largest absolute Gasteiger partial charge is 0.354 e. The predicted octanol–water partition coefficient (Wildman–Crippen LogP) is 4.28. The van der Waals surface area contributed by atoms with Gasteiger partial charge in [0.05, 0.1) is 29.1 Å². The van der Waals surface area contributed by atoms with Gasteiger partial charge in [-0.15, -0.1) is 0 Å². The van der Waals surface area contributed by atoms with E-state index < -0.39 is 0 Å². The maximum Gasteiger partial charge on any atom is 0.253 e. The number of anilines is 2. The summed E-state index contributed by atoms with van der Waals surface area (Å²) in [6, 6.07) is 18.1. The van der Waals surface area contributed by atoms with Crippen LogP contribution < -0.4 is 10.6 Å². The summed E-state index contributed by atoms with van der Waals surface area (Å²) in [5.74, 6) is -0.212. The van der Waals surface area contributed by atoms with Gasteiger partial charge >= 0.3 is 0 Å². The highest BCUT2D eigenvalue weighted by atomic mass is 35.5. The fourth-order valence-corrected chi connectivity index (χ4v) is 2.44. The topological polar surface area (TPSA) is 77.8 Å². The predicted molar refractivity (Wildman–Crippen MR) is 101 cm³/mol. The molecule has 26 heavy (non-hydrogen) atoms. The lowest BCUT2D eigenvalue weighted by molar-refractivity contribution is 0.0950. The van der Waals surface area contributed by atoms with Gasteiger partial charge in [0.2, 0.25) is 0 Å². The number of hydrogen-bond acceptors (Lipinski definition) is 4. The maximum absolute atomic E-state index is 12.3. The molecule has 6 heteroatoms. The zero-order valence-corrected chi connectivity index (χ0v) is 14.5. The SMILES string of the molecule is N#Cc1ccc(Nc2cncc(C(=O)NCc3ccc(Cl)cc3)c2)cc1. The first-order valence-corrected chi connectivity index (χ1v) is 8.27. The summed E-state index contributed by atoms with van der Waals surface area (Å²) in [7, 11) is 0. The fraction of sp³-hybridized carbons (Fsp3) is 0.0500. The van der Waals surface area contributed by atoms with Crippen LogP contribution in [0.25, 0.3) is 0 Å². The lowest BCUT2D eigenvalue weighted by Gasteiger charge is -2.09. The summed E-state index contributed by atoms with van der Waals surface area (Å²) in [4.78, 5) is 16.4. The Morgan fingerprint density at radius 1 is 1.04 bits per heavy atom. The number of carbonyl (C=O) groups is 1. The van der Waals surface area contributed by atoms with Gasteiger partial charge in [-0.2, -0.15) is 5.26 Å². The van der Waals surface area contributed by atoms with Gasteiger partial charge in [-0.25, -0.2) is 0 Å². The molecule has 0 saturated heterocycles. The Bertz CT molecular complexity index is 947. The maximum atomic E-state index is 12.3. The van der Waals surface area contributed by atoms with E-state index in [2.05, 4.69) is 21.7 Å². The van der Waals surface area contributed by atoms with Crippen LogP contribution in [0, 0.1) is 11.3 Å². The third-order valence-electron chi connectivity index (χ3n) is 3.67. The molecule has 0 radical (unpaired) electrons. The standard InChI is InChI=1S/C20H15ClN4O/c21-17-5-1-15(2-6-17)11-24-20(26)16-9-19(13-23-12-16)25-18-7-3-14(10-22)4-8-18/h1-9,12-13,25H,11H2,(H,24,26). The minimum absolute atomic E-state index is 0.212. The first-order valence-electron chi connectivity index (χ1n) is 7.89. The molecule has 2 aromatic carbocycles. The number of nitrogens with one attached hydrogen (secondary N) is 2. The molecule has 5 nitrogen and oxygen atoms in total. The summed E-state index contributed by atoms with van der Waals surface area (Å²) in [5.41, 5.74) is 3.50. The number of nitriles is 1. The molecule has 2 N–H and O–H groups in total. The highest BCUT2D eigenvalue weighted by Crippen LogP contribution is 2.17. The molecular weight excluding hydrogens is 348 g/mol. The summed E-state index contributed by atoms with van der Waals surface area (Å²) < 4.78 is 0. The van der Waals surface area contributed by atoms with Gasteiger partial charge in [-0.05, 0) is 48.0 Å². The van der Waals surface area contributed by atoms with Crippen molar-refractivity contribution in [3.8, 4) is 6.07 Å². The molecule has 1 heterocycles. The molecule has 0 aliphatic carbocycles. The lowest BCUT2D eigenvalue weighted by Crippen LogP contribution is -2.23. The molecule has 0 spiro atoms. The van der Waals surface area contributed by atoms with Crippen LogP contribution >= 0.6 is 11.6 Å². The molecule has 3 rings (SSSR count). The Kier molecular flexibility index (Phi) is 5.47. The Morgan fingerprint density at radius 3 is 2.46 bits per heavy atom. The van der Waals surface area contributed by atoms with Crippen molar-refractivity contribution in [3.63, 3.8) is 0 Å². The molecule has 0 unspecified atom stereocenters. The van der Waals surface area contributed by atoms with Gasteiger partial charge in [0.1, 0.15) is 0 Å². The minimum Gasteiger partial charge on any atom is -0.354 e. The minimum atomic E-state index is -0.212. The summed E-state index contributed by atoms with van der Waals surface area (Å²) in [6.45, 7) is 0.406. The Labute approximate surface area is 156 Å². The van der Waals surface area contributed by atoms with E-state index in [4.69, 9.17) is 16.9 Å². The van der Waals surface area contributed by atoms with Crippen molar-refractivity contribution in [2.24, 2.45) is 0 Å². The number of carbonyl (C=O) groups excluding carboxylic acids is 1. The first-order chi connectivity index (χ1) is 12.6. The summed E-state index contributed by atoms with van der Waals surface area (Å²) >= 11 is 5.85. The van der Waals surface area contributed by atoms with Crippen LogP contribution in [0.2, 0.25) is 5.02 Å². The number of pyridine rings is 1. The second-order valence-corrected chi connectivity index (χ2v) is 6.02. The molecule has 1 aromatic heterocycles. The Balaban J connectivity index is 1.64. The Morgan fingerprint density at radius 2 is 1.77 bits per heavy atom. The van der Waals surface area contributed by atoms with Crippen LogP contribution in [0.3, 0.4) is 0 Å². The number of amides is 1.